The van der Waals surface area contributed by atoms with Gasteiger partial charge in [0, 0.05) is 16.8 Å². The Labute approximate surface area is 207 Å². The number of ether oxygens (including phenoxy) is 2. The Hall–Kier alpha value is -2.29. The molecule has 1 aromatic carbocycles. The number of hydrogen-bond donors (Lipinski definition) is 2. The van der Waals surface area contributed by atoms with Crippen molar-refractivity contribution >= 4 is 54.1 Å². The lowest BCUT2D eigenvalue weighted by Gasteiger charge is -2.30. The van der Waals surface area contributed by atoms with Gasteiger partial charge >= 0.3 is 13.8 Å². The molecule has 3 aromatic rings. The summed E-state index contributed by atoms with van der Waals surface area (Å²) in [6, 6.07) is 7.09. The van der Waals surface area contributed by atoms with Crippen LogP contribution in [0.15, 0.2) is 40.6 Å². The minimum atomic E-state index is -4.11. The van der Waals surface area contributed by atoms with E-state index in [1.807, 2.05) is 12.1 Å². The zero-order chi connectivity index (χ0) is 24.7. The number of hydrogen-bond acceptors (Lipinski definition) is 13. The van der Waals surface area contributed by atoms with Gasteiger partial charge < -0.3 is 20.3 Å². The average Bonchev–Trinajstić information content (AvgIpc) is 3.33. The van der Waals surface area contributed by atoms with Crippen LogP contribution in [0.5, 0.6) is 0 Å². The summed E-state index contributed by atoms with van der Waals surface area (Å²) in [5, 5.41) is 12.1. The molecular weight excluding hydrogens is 525 g/mol. The van der Waals surface area contributed by atoms with E-state index in [4.69, 9.17) is 35.6 Å². The third kappa shape index (κ3) is 4.88. The number of rotatable bonds is 6. The highest BCUT2D eigenvalue weighted by Crippen LogP contribution is 2.57. The van der Waals surface area contributed by atoms with E-state index in [0.717, 1.165) is 4.90 Å². The number of nitrogens with zero attached hydrogens (tertiary/aromatic N) is 4. The molecule has 3 N–H and O–H groups in total. The van der Waals surface area contributed by atoms with Gasteiger partial charge in [-0.2, -0.15) is 0 Å². The van der Waals surface area contributed by atoms with Gasteiger partial charge in [0.15, 0.2) is 28.4 Å². The minimum Gasteiger partial charge on any atom is -0.438 e. The van der Waals surface area contributed by atoms with Gasteiger partial charge in [0.05, 0.1) is 6.61 Å². The Morgan fingerprint density at radius 1 is 1.37 bits per heavy atom. The van der Waals surface area contributed by atoms with Crippen molar-refractivity contribution in [3.63, 3.8) is 0 Å². The van der Waals surface area contributed by atoms with E-state index in [9.17, 15) is 14.5 Å². The molecule has 13 nitrogen and oxygen atoms in total. The number of phosphoric acid groups is 1. The third-order valence-corrected chi connectivity index (χ3v) is 7.80. The Kier molecular flexibility index (Phi) is 6.72. The topological polar surface area (TPSA) is 170 Å². The predicted octanol–water partition coefficient (Wildman–Crippen LogP) is 2.53. The summed E-state index contributed by atoms with van der Waals surface area (Å²) in [5.41, 5.74) is 6.66. The van der Waals surface area contributed by atoms with E-state index in [1.165, 1.54) is 25.0 Å². The standard InChI is InChI=1S/C19H19ClN5O8PS/c1-9(26)29-8-31-34(28)30-6-12-15(33-34)14(27)18(32-12)25-17-13(16(21)22-7-23-17)24-19(25)35-11-4-2-10(20)3-5-11/h2-5,7,12,14-15,18,27H,6,8H2,1H3,(H2,21,22,23)/t12-,14+,15+,18+,34?/m0/s1. The highest BCUT2D eigenvalue weighted by molar-refractivity contribution is 7.99. The van der Waals surface area contributed by atoms with Gasteiger partial charge in [0.2, 0.25) is 6.79 Å². The second-order valence-electron chi connectivity index (χ2n) is 7.50. The molecule has 0 spiro atoms. The molecule has 0 bridgehead atoms. The molecule has 2 aliphatic heterocycles. The van der Waals surface area contributed by atoms with E-state index < -0.39 is 45.1 Å². The fourth-order valence-corrected chi connectivity index (χ4v) is 5.90. The van der Waals surface area contributed by atoms with Gasteiger partial charge in [-0.3, -0.25) is 18.4 Å². The number of aliphatic hydroxyl groups excluding tert-OH is 1. The smallest absolute Gasteiger partial charge is 0.438 e. The zero-order valence-electron chi connectivity index (χ0n) is 18.0. The lowest BCUT2D eigenvalue weighted by Crippen LogP contribution is -2.39. The van der Waals surface area contributed by atoms with Crippen LogP contribution < -0.4 is 5.73 Å². The molecule has 35 heavy (non-hydrogen) atoms. The highest BCUT2D eigenvalue weighted by Gasteiger charge is 2.54. The summed E-state index contributed by atoms with van der Waals surface area (Å²) >= 11 is 7.26. The number of carbonyl (C=O) groups excluding carboxylic acids is 1. The number of nitrogen functional groups attached to an aromatic ring is 1. The first-order valence-corrected chi connectivity index (χ1v) is 12.9. The van der Waals surface area contributed by atoms with E-state index in [0.29, 0.717) is 21.3 Å². The van der Waals surface area contributed by atoms with Gasteiger partial charge in [-0.25, -0.2) is 24.0 Å². The number of carbonyl (C=O) groups is 1. The molecule has 2 aliphatic rings. The van der Waals surface area contributed by atoms with Crippen LogP contribution in [0.1, 0.15) is 13.2 Å². The molecule has 2 aromatic heterocycles. The molecule has 4 heterocycles. The van der Waals surface area contributed by atoms with E-state index in [2.05, 4.69) is 19.7 Å². The highest BCUT2D eigenvalue weighted by atomic mass is 35.5. The maximum absolute atomic E-state index is 12.8. The summed E-state index contributed by atoms with van der Waals surface area (Å²) in [7, 11) is -4.11. The Morgan fingerprint density at radius 3 is 2.89 bits per heavy atom. The minimum absolute atomic E-state index is 0.152. The van der Waals surface area contributed by atoms with Crippen molar-refractivity contribution in [3.05, 3.63) is 35.6 Å². The Morgan fingerprint density at radius 2 is 2.14 bits per heavy atom. The molecule has 186 valence electrons. The average molecular weight is 544 g/mol. The Balaban J connectivity index is 1.45. The number of halogens is 1. The molecule has 0 radical (unpaired) electrons. The summed E-state index contributed by atoms with van der Waals surface area (Å²) in [6.45, 7) is 0.343. The summed E-state index contributed by atoms with van der Waals surface area (Å²) in [6.07, 6.45) is -2.92. The van der Waals surface area contributed by atoms with Crippen LogP contribution in [-0.2, 0) is 32.4 Å². The second-order valence-corrected chi connectivity index (χ2v) is 10.6. The van der Waals surface area contributed by atoms with Crippen molar-refractivity contribution < 1.29 is 37.5 Å². The molecule has 16 heteroatoms. The predicted molar refractivity (Wildman–Crippen MR) is 121 cm³/mol. The summed E-state index contributed by atoms with van der Waals surface area (Å²) in [5.74, 6) is -0.477. The summed E-state index contributed by atoms with van der Waals surface area (Å²) < 4.78 is 40.7. The fraction of sp³-hybridized carbons (Fsp3) is 0.368. The number of phosphoric ester groups is 1. The summed E-state index contributed by atoms with van der Waals surface area (Å²) in [4.78, 5) is 24.6. The first-order chi connectivity index (χ1) is 16.7. The zero-order valence-corrected chi connectivity index (χ0v) is 20.5. The van der Waals surface area contributed by atoms with Crippen LogP contribution in [0.25, 0.3) is 11.2 Å². The van der Waals surface area contributed by atoms with Crippen molar-refractivity contribution in [1.29, 1.82) is 0 Å². The molecule has 1 unspecified atom stereocenters. The van der Waals surface area contributed by atoms with Crippen molar-refractivity contribution in [2.24, 2.45) is 0 Å². The first-order valence-electron chi connectivity index (χ1n) is 10.2. The quantitative estimate of drug-likeness (QED) is 0.264. The van der Waals surface area contributed by atoms with Crippen molar-refractivity contribution in [2.75, 3.05) is 19.1 Å². The van der Waals surface area contributed by atoms with Gasteiger partial charge in [-0.05, 0) is 24.3 Å². The number of fused-ring (bicyclic) bond motifs is 2. The van der Waals surface area contributed by atoms with E-state index in [1.54, 1.807) is 16.7 Å². The Bertz CT molecular complexity index is 1310. The molecule has 5 rings (SSSR count). The van der Waals surface area contributed by atoms with E-state index in [-0.39, 0.29) is 12.4 Å². The van der Waals surface area contributed by atoms with Crippen LogP contribution in [-0.4, -0.2) is 62.3 Å². The van der Waals surface area contributed by atoms with Crippen molar-refractivity contribution in [1.82, 2.24) is 19.5 Å². The molecule has 0 saturated carbocycles. The molecule has 2 fully saturated rings. The maximum Gasteiger partial charge on any atom is 0.478 e. The number of nitrogens with two attached hydrogens (primary N) is 1. The van der Waals surface area contributed by atoms with Crippen molar-refractivity contribution in [3.8, 4) is 0 Å². The van der Waals surface area contributed by atoms with Gasteiger partial charge in [-0.15, -0.1) is 0 Å². The van der Waals surface area contributed by atoms with Crippen molar-refractivity contribution in [2.45, 2.75) is 41.5 Å². The number of benzene rings is 1. The molecular formula is C19H19ClN5O8PS. The first kappa shape index (κ1) is 24.4. The fourth-order valence-electron chi connectivity index (χ4n) is 3.60. The second kappa shape index (κ2) is 9.64. The lowest BCUT2D eigenvalue weighted by atomic mass is 10.1. The monoisotopic (exact) mass is 543 g/mol. The third-order valence-electron chi connectivity index (χ3n) is 5.18. The van der Waals surface area contributed by atoms with Gasteiger partial charge in [-0.1, -0.05) is 23.4 Å². The molecule has 5 atom stereocenters. The number of aliphatic hydroxyl groups is 1. The van der Waals surface area contributed by atoms with Gasteiger partial charge in [0.25, 0.3) is 0 Å². The van der Waals surface area contributed by atoms with Gasteiger partial charge in [0.1, 0.15) is 24.6 Å². The van der Waals surface area contributed by atoms with Crippen LogP contribution in [0, 0.1) is 0 Å². The number of esters is 1. The maximum atomic E-state index is 12.8. The SMILES string of the molecule is CC(=O)OCOP1(=O)OC[C@@H]2O[C@@H](n3c(Sc4ccc(Cl)cc4)nc4c(N)ncnc43)[C@H](O)[C@@H]2O1. The molecule has 0 amide bonds. The van der Waals surface area contributed by atoms with Crippen LogP contribution in [0.2, 0.25) is 5.02 Å². The largest absolute Gasteiger partial charge is 0.478 e. The number of aromatic nitrogens is 4. The molecule has 0 aliphatic carbocycles. The van der Waals surface area contributed by atoms with Crippen LogP contribution in [0.3, 0.4) is 0 Å². The van der Waals surface area contributed by atoms with Crippen LogP contribution in [0.4, 0.5) is 5.82 Å². The normalized spacial score (nSPS) is 28.2. The number of imidazole rings is 1. The number of anilines is 1. The molecule has 2 saturated heterocycles. The van der Waals surface area contributed by atoms with E-state index >= 15 is 0 Å². The lowest BCUT2D eigenvalue weighted by molar-refractivity contribution is -0.150. The van der Waals surface area contributed by atoms with Crippen LogP contribution >= 0.6 is 31.2 Å².